The first-order valence-corrected chi connectivity index (χ1v) is 10.3. The van der Waals surface area contributed by atoms with Crippen molar-refractivity contribution < 1.29 is 4.74 Å². The van der Waals surface area contributed by atoms with Crippen molar-refractivity contribution in [2.45, 2.75) is 65.1 Å². The highest BCUT2D eigenvalue weighted by Gasteiger charge is 2.31. The van der Waals surface area contributed by atoms with Crippen molar-refractivity contribution in [2.75, 3.05) is 13.7 Å². The topological polar surface area (TPSA) is 58.2 Å². The normalized spacial score (nSPS) is 19.3. The molecule has 0 aliphatic carbocycles. The molecular weight excluding hydrogens is 350 g/mol. The zero-order chi connectivity index (χ0) is 20.3. The van der Waals surface area contributed by atoms with Gasteiger partial charge in [-0.05, 0) is 51.6 Å². The molecule has 2 heterocycles. The number of ether oxygens (including phenoxy) is 1. The van der Waals surface area contributed by atoms with E-state index in [-0.39, 0.29) is 11.2 Å². The Morgan fingerprint density at radius 1 is 1.32 bits per heavy atom. The molecule has 1 N–H and O–H groups in total. The summed E-state index contributed by atoms with van der Waals surface area (Å²) in [6, 6.07) is 10.3. The van der Waals surface area contributed by atoms with Crippen LogP contribution in [0.3, 0.4) is 0 Å². The first kappa shape index (κ1) is 20.7. The predicted octanol–water partition coefficient (Wildman–Crippen LogP) is 4.02. The van der Waals surface area contributed by atoms with E-state index in [9.17, 15) is 4.79 Å². The molecule has 1 saturated heterocycles. The van der Waals surface area contributed by atoms with Crippen LogP contribution in [0.15, 0.2) is 35.1 Å². The molecule has 2 aromatic rings. The third kappa shape index (κ3) is 5.30. The quantitative estimate of drug-likeness (QED) is 0.818. The van der Waals surface area contributed by atoms with Gasteiger partial charge in [-0.1, -0.05) is 38.1 Å². The molecule has 0 radical (unpaired) electrons. The van der Waals surface area contributed by atoms with Crippen LogP contribution < -0.4 is 5.56 Å². The Bertz CT molecular complexity index is 857. The third-order valence-corrected chi connectivity index (χ3v) is 5.40. The summed E-state index contributed by atoms with van der Waals surface area (Å²) in [5, 5.41) is 0. The molecule has 152 valence electrons. The lowest BCUT2D eigenvalue weighted by Crippen LogP contribution is -2.44. The molecule has 28 heavy (non-hydrogen) atoms. The highest BCUT2D eigenvalue weighted by atomic mass is 16.5. The molecule has 1 fully saturated rings. The molecule has 1 aliphatic rings. The van der Waals surface area contributed by atoms with Gasteiger partial charge in [0.2, 0.25) is 0 Å². The summed E-state index contributed by atoms with van der Waals surface area (Å²) >= 11 is 0. The predicted molar refractivity (Wildman–Crippen MR) is 113 cm³/mol. The zero-order valence-electron chi connectivity index (χ0n) is 17.8. The zero-order valence-corrected chi connectivity index (χ0v) is 17.8. The van der Waals surface area contributed by atoms with Gasteiger partial charge in [0.05, 0.1) is 5.60 Å². The molecule has 0 amide bonds. The summed E-state index contributed by atoms with van der Waals surface area (Å²) in [6.07, 6.45) is 2.86. The van der Waals surface area contributed by atoms with Crippen LogP contribution >= 0.6 is 0 Å². The van der Waals surface area contributed by atoms with Gasteiger partial charge in [0, 0.05) is 36.5 Å². The number of benzene rings is 1. The minimum absolute atomic E-state index is 0.0747. The summed E-state index contributed by atoms with van der Waals surface area (Å²) in [7, 11) is 2.17. The van der Waals surface area contributed by atoms with E-state index >= 15 is 0 Å². The maximum atomic E-state index is 12.2. The van der Waals surface area contributed by atoms with Crippen LogP contribution in [-0.2, 0) is 17.7 Å². The van der Waals surface area contributed by atoms with Crippen molar-refractivity contribution in [1.82, 2.24) is 14.9 Å². The molecule has 1 atom stereocenters. The van der Waals surface area contributed by atoms with Crippen molar-refractivity contribution >= 4 is 0 Å². The Hall–Kier alpha value is -1.98. The van der Waals surface area contributed by atoms with Gasteiger partial charge < -0.3 is 9.72 Å². The van der Waals surface area contributed by atoms with Crippen molar-refractivity contribution in [3.05, 3.63) is 51.9 Å². The van der Waals surface area contributed by atoms with Gasteiger partial charge in [0.1, 0.15) is 5.82 Å². The minimum Gasteiger partial charge on any atom is -0.375 e. The molecule has 5 nitrogen and oxygen atoms in total. The van der Waals surface area contributed by atoms with Gasteiger partial charge in [-0.3, -0.25) is 9.69 Å². The number of aromatic nitrogens is 2. The Balaban J connectivity index is 1.86. The summed E-state index contributed by atoms with van der Waals surface area (Å²) in [5.74, 6) is 1.12. The Kier molecular flexibility index (Phi) is 6.36. The number of H-pyrrole nitrogens is 1. The number of rotatable bonds is 6. The van der Waals surface area contributed by atoms with Gasteiger partial charge in [-0.15, -0.1) is 0 Å². The van der Waals surface area contributed by atoms with Crippen molar-refractivity contribution in [3.8, 4) is 11.4 Å². The fourth-order valence-electron chi connectivity index (χ4n) is 4.02. The van der Waals surface area contributed by atoms with Crippen LogP contribution in [0.2, 0.25) is 0 Å². The number of hydrogen-bond acceptors (Lipinski definition) is 4. The standard InChI is InChI=1S/C23H33N3O2/c1-16(2)12-18-13-21(27)25-22(24-18)20-9-7-6-8-17(20)15-26(5)19-10-11-28-23(3,4)14-19/h6-9,13,16,19H,10-12,14-15H2,1-5H3,(H,24,25,27). The van der Waals surface area contributed by atoms with E-state index < -0.39 is 0 Å². The molecule has 1 aromatic carbocycles. The molecule has 1 aliphatic heterocycles. The SMILES string of the molecule is CC(C)Cc1cc(=O)[nH]c(-c2ccccc2CN(C)C2CCOC(C)(C)C2)n1. The minimum atomic E-state index is -0.0880. The first-order valence-electron chi connectivity index (χ1n) is 10.3. The van der Waals surface area contributed by atoms with Crippen molar-refractivity contribution in [1.29, 1.82) is 0 Å². The number of nitrogens with one attached hydrogen (secondary N) is 1. The van der Waals surface area contributed by atoms with E-state index in [2.05, 4.69) is 62.8 Å². The van der Waals surface area contributed by atoms with Gasteiger partial charge in [-0.25, -0.2) is 4.98 Å². The average molecular weight is 384 g/mol. The molecule has 5 heteroatoms. The monoisotopic (exact) mass is 383 g/mol. The number of aromatic amines is 1. The maximum absolute atomic E-state index is 12.2. The van der Waals surface area contributed by atoms with Gasteiger partial charge in [0.15, 0.2) is 0 Å². The second-order valence-corrected chi connectivity index (χ2v) is 9.01. The van der Waals surface area contributed by atoms with Crippen LogP contribution in [0.25, 0.3) is 11.4 Å². The molecule has 0 saturated carbocycles. The van der Waals surface area contributed by atoms with E-state index in [0.717, 1.165) is 43.7 Å². The summed E-state index contributed by atoms with van der Waals surface area (Å²) in [6.45, 7) is 10.2. The molecule has 1 unspecified atom stereocenters. The lowest BCUT2D eigenvalue weighted by molar-refractivity contribution is -0.0809. The van der Waals surface area contributed by atoms with Gasteiger partial charge >= 0.3 is 0 Å². The molecule has 1 aromatic heterocycles. The van der Waals surface area contributed by atoms with Crippen molar-refractivity contribution in [2.24, 2.45) is 5.92 Å². The Labute approximate surface area is 168 Å². The molecular formula is C23H33N3O2. The van der Waals surface area contributed by atoms with Crippen LogP contribution in [0.4, 0.5) is 0 Å². The van der Waals surface area contributed by atoms with Crippen LogP contribution in [0.5, 0.6) is 0 Å². The highest BCUT2D eigenvalue weighted by Crippen LogP contribution is 2.29. The summed E-state index contributed by atoms with van der Waals surface area (Å²) < 4.78 is 5.87. The van der Waals surface area contributed by atoms with Crippen LogP contribution in [-0.4, -0.2) is 40.2 Å². The van der Waals surface area contributed by atoms with Crippen molar-refractivity contribution in [3.63, 3.8) is 0 Å². The smallest absolute Gasteiger partial charge is 0.251 e. The second-order valence-electron chi connectivity index (χ2n) is 9.01. The van der Waals surface area contributed by atoms with Gasteiger partial charge in [0.25, 0.3) is 5.56 Å². The van der Waals surface area contributed by atoms with E-state index in [1.165, 1.54) is 5.56 Å². The molecule has 0 bridgehead atoms. The molecule has 3 rings (SSSR count). The van der Waals surface area contributed by atoms with E-state index in [4.69, 9.17) is 9.72 Å². The lowest BCUT2D eigenvalue weighted by Gasteiger charge is -2.40. The fourth-order valence-corrected chi connectivity index (χ4v) is 4.02. The van der Waals surface area contributed by atoms with E-state index in [1.54, 1.807) is 6.07 Å². The maximum Gasteiger partial charge on any atom is 0.251 e. The Morgan fingerprint density at radius 3 is 2.79 bits per heavy atom. The van der Waals surface area contributed by atoms with Crippen LogP contribution in [0, 0.1) is 5.92 Å². The molecule has 0 spiro atoms. The summed E-state index contributed by atoms with van der Waals surface area (Å²) in [4.78, 5) is 22.3. The summed E-state index contributed by atoms with van der Waals surface area (Å²) in [5.41, 5.74) is 2.87. The average Bonchev–Trinajstić information content (AvgIpc) is 2.60. The largest absolute Gasteiger partial charge is 0.375 e. The second kappa shape index (κ2) is 8.58. The lowest BCUT2D eigenvalue weighted by atomic mass is 9.92. The third-order valence-electron chi connectivity index (χ3n) is 5.40. The fraction of sp³-hybridized carbons (Fsp3) is 0.565. The first-order chi connectivity index (χ1) is 13.2. The van der Waals surface area contributed by atoms with E-state index in [1.807, 2.05) is 6.07 Å². The van der Waals surface area contributed by atoms with Gasteiger partial charge in [-0.2, -0.15) is 0 Å². The number of hydrogen-bond donors (Lipinski definition) is 1. The number of nitrogens with zero attached hydrogens (tertiary/aromatic N) is 2. The highest BCUT2D eigenvalue weighted by molar-refractivity contribution is 5.60. The van der Waals surface area contributed by atoms with Crippen LogP contribution in [0.1, 0.15) is 51.8 Å². The Morgan fingerprint density at radius 2 is 2.07 bits per heavy atom. The van der Waals surface area contributed by atoms with E-state index in [0.29, 0.717) is 17.8 Å².